The molecule has 1 atom stereocenters. The highest BCUT2D eigenvalue weighted by molar-refractivity contribution is 7.86. The van der Waals surface area contributed by atoms with Crippen LogP contribution >= 0.6 is 11.3 Å². The van der Waals surface area contributed by atoms with Crippen LogP contribution in [0.5, 0.6) is 0 Å². The van der Waals surface area contributed by atoms with Gasteiger partial charge in [-0.15, -0.1) is 15.2 Å². The van der Waals surface area contributed by atoms with Gasteiger partial charge in [-0.2, -0.15) is 8.42 Å². The third-order valence-corrected chi connectivity index (χ3v) is 6.05. The largest absolute Gasteiger partial charge is 0.342 e. The Morgan fingerprint density at radius 1 is 1.38 bits per heavy atom. The van der Waals surface area contributed by atoms with Crippen molar-refractivity contribution >= 4 is 27.5 Å². The summed E-state index contributed by atoms with van der Waals surface area (Å²) < 4.78 is 34.0. The molecule has 0 N–H and O–H groups in total. The number of carbonyl (C=O) groups is 1. The minimum absolute atomic E-state index is 0.0900. The normalized spacial score (nSPS) is 22.0. The number of hydrogen-bond acceptors (Lipinski definition) is 5. The second-order valence-corrected chi connectivity index (χ2v) is 8.28. The van der Waals surface area contributed by atoms with E-state index in [0.717, 1.165) is 17.8 Å². The Hall–Kier alpha value is -1.02. The average Bonchev–Trinajstić information content (AvgIpc) is 2.99. The van der Waals surface area contributed by atoms with E-state index in [2.05, 4.69) is 4.98 Å². The summed E-state index contributed by atoms with van der Waals surface area (Å²) in [5.41, 5.74) is 1.20. The van der Waals surface area contributed by atoms with Gasteiger partial charge in [0, 0.05) is 36.7 Å². The van der Waals surface area contributed by atoms with Gasteiger partial charge in [-0.05, 0) is 19.3 Å². The molecule has 1 unspecified atom stereocenters. The first-order valence-electron chi connectivity index (χ1n) is 7.08. The van der Waals surface area contributed by atoms with Gasteiger partial charge in [0.2, 0.25) is 5.91 Å². The van der Waals surface area contributed by atoms with Crippen LogP contribution in [0.25, 0.3) is 0 Å². The van der Waals surface area contributed by atoms with Crippen molar-refractivity contribution < 1.29 is 17.1 Å². The number of halogens is 1. The first kappa shape index (κ1) is 14.9. The summed E-state index contributed by atoms with van der Waals surface area (Å²) in [6.45, 7) is 0.862. The van der Waals surface area contributed by atoms with Crippen LogP contribution in [0.3, 0.4) is 0 Å². The zero-order valence-corrected chi connectivity index (χ0v) is 13.2. The number of aryl methyl sites for hydroxylation is 2. The van der Waals surface area contributed by atoms with Crippen LogP contribution in [0.15, 0.2) is 0 Å². The molecule has 116 valence electrons. The SMILES string of the molecule is O=C1CC(CS(=O)(=O)F)CN1CCc1nc2c(s1)CCC2. The molecule has 8 heteroatoms. The van der Waals surface area contributed by atoms with Crippen molar-refractivity contribution in [3.05, 3.63) is 15.6 Å². The van der Waals surface area contributed by atoms with Gasteiger partial charge in [-0.3, -0.25) is 4.79 Å². The first-order valence-corrected chi connectivity index (χ1v) is 9.45. The summed E-state index contributed by atoms with van der Waals surface area (Å²) in [5, 5.41) is 1.04. The van der Waals surface area contributed by atoms with E-state index in [-0.39, 0.29) is 12.3 Å². The molecule has 1 aliphatic heterocycles. The minimum atomic E-state index is -4.51. The molecule has 1 saturated heterocycles. The molecule has 0 bridgehead atoms. The van der Waals surface area contributed by atoms with Gasteiger partial charge in [0.05, 0.1) is 16.5 Å². The van der Waals surface area contributed by atoms with Gasteiger partial charge in [0.15, 0.2) is 0 Å². The Kier molecular flexibility index (Phi) is 4.00. The Balaban J connectivity index is 1.54. The summed E-state index contributed by atoms with van der Waals surface area (Å²) in [6, 6.07) is 0. The molecular formula is C13H17FN2O3S2. The number of thiazole rings is 1. The van der Waals surface area contributed by atoms with E-state index < -0.39 is 21.9 Å². The number of hydrogen-bond donors (Lipinski definition) is 0. The lowest BCUT2D eigenvalue weighted by Crippen LogP contribution is -2.28. The quantitative estimate of drug-likeness (QED) is 0.763. The number of nitrogens with zero attached hydrogens (tertiary/aromatic N) is 2. The topological polar surface area (TPSA) is 67.3 Å². The number of rotatable bonds is 5. The minimum Gasteiger partial charge on any atom is -0.342 e. The highest BCUT2D eigenvalue weighted by Crippen LogP contribution is 2.28. The fraction of sp³-hybridized carbons (Fsp3) is 0.692. The molecule has 1 aromatic rings. The smallest absolute Gasteiger partial charge is 0.302 e. The van der Waals surface area contributed by atoms with Crippen molar-refractivity contribution in [3.8, 4) is 0 Å². The van der Waals surface area contributed by atoms with E-state index in [4.69, 9.17) is 0 Å². The molecule has 1 aromatic heterocycles. The first-order chi connectivity index (χ1) is 9.90. The maximum atomic E-state index is 12.7. The molecular weight excluding hydrogens is 315 g/mol. The average molecular weight is 332 g/mol. The van der Waals surface area contributed by atoms with Gasteiger partial charge in [0.1, 0.15) is 0 Å². The molecule has 0 saturated carbocycles. The predicted molar refractivity (Wildman–Crippen MR) is 77.4 cm³/mol. The number of carbonyl (C=O) groups excluding carboxylic acids is 1. The Morgan fingerprint density at radius 2 is 2.19 bits per heavy atom. The molecule has 0 spiro atoms. The molecule has 1 amide bonds. The van der Waals surface area contributed by atoms with Crippen LogP contribution in [0, 0.1) is 5.92 Å². The van der Waals surface area contributed by atoms with Crippen molar-refractivity contribution in [3.63, 3.8) is 0 Å². The second-order valence-electron chi connectivity index (χ2n) is 5.70. The molecule has 21 heavy (non-hydrogen) atoms. The van der Waals surface area contributed by atoms with E-state index in [1.807, 2.05) is 0 Å². The van der Waals surface area contributed by atoms with E-state index in [0.29, 0.717) is 19.5 Å². The maximum absolute atomic E-state index is 12.7. The summed E-state index contributed by atoms with van der Waals surface area (Å²) in [5.74, 6) is -1.07. The fourth-order valence-corrected chi connectivity index (χ4v) is 4.98. The van der Waals surface area contributed by atoms with Gasteiger partial charge < -0.3 is 4.90 Å². The number of fused-ring (bicyclic) bond motifs is 1. The van der Waals surface area contributed by atoms with Gasteiger partial charge >= 0.3 is 10.2 Å². The van der Waals surface area contributed by atoms with Gasteiger partial charge in [0.25, 0.3) is 0 Å². The molecule has 3 rings (SSSR count). The van der Waals surface area contributed by atoms with E-state index in [1.54, 1.807) is 16.2 Å². The molecule has 1 fully saturated rings. The fourth-order valence-electron chi connectivity index (χ4n) is 3.04. The molecule has 1 aliphatic carbocycles. The summed E-state index contributed by atoms with van der Waals surface area (Å²) in [7, 11) is -4.51. The van der Waals surface area contributed by atoms with Gasteiger partial charge in [-0.25, -0.2) is 4.98 Å². The van der Waals surface area contributed by atoms with E-state index >= 15 is 0 Å². The summed E-state index contributed by atoms with van der Waals surface area (Å²) in [6.07, 6.45) is 4.14. The standard InChI is InChI=1S/C13H17FN2O3S2/c14-21(18,19)8-9-6-13(17)16(7-9)5-4-12-15-10-2-1-3-11(10)20-12/h9H,1-8H2. The summed E-state index contributed by atoms with van der Waals surface area (Å²) >= 11 is 1.71. The maximum Gasteiger partial charge on any atom is 0.302 e. The van der Waals surface area contributed by atoms with Crippen LogP contribution in [0.1, 0.15) is 28.4 Å². The van der Waals surface area contributed by atoms with Crippen molar-refractivity contribution in [2.75, 3.05) is 18.8 Å². The molecule has 5 nitrogen and oxygen atoms in total. The molecule has 0 aromatic carbocycles. The van der Waals surface area contributed by atoms with Crippen LogP contribution < -0.4 is 0 Å². The zero-order chi connectivity index (χ0) is 15.0. The second kappa shape index (κ2) is 5.64. The Bertz CT molecular complexity index is 635. The highest BCUT2D eigenvalue weighted by atomic mass is 32.3. The van der Waals surface area contributed by atoms with Gasteiger partial charge in [-0.1, -0.05) is 0 Å². The molecule has 2 heterocycles. The van der Waals surface area contributed by atoms with Crippen LogP contribution in [0.2, 0.25) is 0 Å². The highest BCUT2D eigenvalue weighted by Gasteiger charge is 2.32. The number of likely N-dealkylation sites (tertiary alicyclic amines) is 1. The zero-order valence-electron chi connectivity index (χ0n) is 11.5. The lowest BCUT2D eigenvalue weighted by Gasteiger charge is -2.15. The van der Waals surface area contributed by atoms with E-state index in [9.17, 15) is 17.1 Å². The molecule has 2 aliphatic rings. The van der Waals surface area contributed by atoms with Crippen molar-refractivity contribution in [1.82, 2.24) is 9.88 Å². The lowest BCUT2D eigenvalue weighted by atomic mass is 10.1. The van der Waals surface area contributed by atoms with Crippen LogP contribution in [-0.4, -0.2) is 43.1 Å². The monoisotopic (exact) mass is 332 g/mol. The Labute approximate surface area is 127 Å². The Morgan fingerprint density at radius 3 is 2.90 bits per heavy atom. The summed E-state index contributed by atoms with van der Waals surface area (Å²) in [4.78, 5) is 19.4. The third kappa shape index (κ3) is 3.60. The predicted octanol–water partition coefficient (Wildman–Crippen LogP) is 1.32. The lowest BCUT2D eigenvalue weighted by molar-refractivity contribution is -0.127. The van der Waals surface area contributed by atoms with Crippen LogP contribution in [0.4, 0.5) is 3.89 Å². The van der Waals surface area contributed by atoms with Crippen molar-refractivity contribution in [2.45, 2.75) is 32.1 Å². The molecule has 0 radical (unpaired) electrons. The number of aromatic nitrogens is 1. The van der Waals surface area contributed by atoms with E-state index in [1.165, 1.54) is 17.0 Å². The van der Waals surface area contributed by atoms with Crippen molar-refractivity contribution in [1.29, 1.82) is 0 Å². The third-order valence-electron chi connectivity index (χ3n) is 3.96. The van der Waals surface area contributed by atoms with Crippen LogP contribution in [-0.2, 0) is 34.3 Å². The van der Waals surface area contributed by atoms with Crippen molar-refractivity contribution in [2.24, 2.45) is 5.92 Å². The number of amides is 1.